The van der Waals surface area contributed by atoms with E-state index in [0.29, 0.717) is 0 Å². The van der Waals surface area contributed by atoms with Gasteiger partial charge in [-0.3, -0.25) is 0 Å². The molecule has 1 aromatic carbocycles. The summed E-state index contributed by atoms with van der Waals surface area (Å²) in [6.45, 7) is 3.93. The number of ether oxygens (including phenoxy) is 1. The van der Waals surface area contributed by atoms with Crippen molar-refractivity contribution in [3.8, 4) is 5.75 Å². The summed E-state index contributed by atoms with van der Waals surface area (Å²) < 4.78 is 7.98. The molecule has 0 spiro atoms. The second kappa shape index (κ2) is 5.68. The van der Waals surface area contributed by atoms with Crippen molar-refractivity contribution in [3.05, 3.63) is 30.5 Å². The highest BCUT2D eigenvalue weighted by Gasteiger charge is 2.14. The number of hydrogen-bond acceptors (Lipinski definition) is 1. The predicted octanol–water partition coefficient (Wildman–Crippen LogP) is 4.62. The van der Waals surface area contributed by atoms with Gasteiger partial charge in [0, 0.05) is 23.6 Å². The normalized spacial score (nSPS) is 16.9. The Labute approximate surface area is 115 Å². The molecule has 19 heavy (non-hydrogen) atoms. The fraction of sp³-hybridized carbons (Fsp3) is 0.529. The SMILES string of the molecule is CCOc1ccc2c(ccn2CC2CCCCC2)c1. The van der Waals surface area contributed by atoms with E-state index >= 15 is 0 Å². The third-order valence-corrected chi connectivity index (χ3v) is 4.23. The first-order valence-corrected chi connectivity index (χ1v) is 7.58. The first kappa shape index (κ1) is 12.6. The van der Waals surface area contributed by atoms with Crippen LogP contribution in [0.2, 0.25) is 0 Å². The Hall–Kier alpha value is -1.44. The zero-order valence-electron chi connectivity index (χ0n) is 11.8. The minimum Gasteiger partial charge on any atom is -0.494 e. The molecule has 102 valence electrons. The fourth-order valence-electron chi connectivity index (χ4n) is 3.24. The Balaban J connectivity index is 1.80. The van der Waals surface area contributed by atoms with Gasteiger partial charge in [-0.1, -0.05) is 19.3 Å². The molecule has 0 unspecified atom stereocenters. The third kappa shape index (κ3) is 2.78. The van der Waals surface area contributed by atoms with Crippen molar-refractivity contribution in [1.82, 2.24) is 4.57 Å². The summed E-state index contributed by atoms with van der Waals surface area (Å²) in [5.74, 6) is 1.85. The van der Waals surface area contributed by atoms with Gasteiger partial charge in [-0.05, 0) is 49.9 Å². The summed E-state index contributed by atoms with van der Waals surface area (Å²) in [5.41, 5.74) is 1.34. The Morgan fingerprint density at radius 3 is 2.79 bits per heavy atom. The smallest absolute Gasteiger partial charge is 0.120 e. The van der Waals surface area contributed by atoms with Crippen LogP contribution in [-0.2, 0) is 6.54 Å². The van der Waals surface area contributed by atoms with Gasteiger partial charge in [-0.25, -0.2) is 0 Å². The van der Waals surface area contributed by atoms with Crippen molar-refractivity contribution >= 4 is 10.9 Å². The van der Waals surface area contributed by atoms with E-state index in [1.54, 1.807) is 0 Å². The Bertz CT molecular complexity index is 537. The summed E-state index contributed by atoms with van der Waals surface area (Å²) in [6, 6.07) is 8.64. The summed E-state index contributed by atoms with van der Waals surface area (Å²) in [4.78, 5) is 0. The van der Waals surface area contributed by atoms with E-state index in [4.69, 9.17) is 4.74 Å². The molecule has 0 saturated heterocycles. The molecule has 0 radical (unpaired) electrons. The van der Waals surface area contributed by atoms with Gasteiger partial charge in [-0.15, -0.1) is 0 Å². The van der Waals surface area contributed by atoms with Crippen LogP contribution in [-0.4, -0.2) is 11.2 Å². The molecule has 1 aliphatic rings. The molecule has 0 N–H and O–H groups in total. The zero-order valence-corrected chi connectivity index (χ0v) is 11.8. The molecule has 1 aliphatic carbocycles. The molecule has 1 heterocycles. The van der Waals surface area contributed by atoms with Crippen LogP contribution in [0, 0.1) is 5.92 Å². The third-order valence-electron chi connectivity index (χ3n) is 4.23. The van der Waals surface area contributed by atoms with Crippen LogP contribution in [0.1, 0.15) is 39.0 Å². The van der Waals surface area contributed by atoms with E-state index in [9.17, 15) is 0 Å². The Morgan fingerprint density at radius 2 is 2.00 bits per heavy atom. The average molecular weight is 257 g/mol. The van der Waals surface area contributed by atoms with E-state index in [-0.39, 0.29) is 0 Å². The lowest BCUT2D eigenvalue weighted by molar-refractivity contribution is 0.322. The van der Waals surface area contributed by atoms with Gasteiger partial charge in [0.1, 0.15) is 5.75 Å². The molecule has 2 heteroatoms. The van der Waals surface area contributed by atoms with Crippen LogP contribution in [0.4, 0.5) is 0 Å². The minimum absolute atomic E-state index is 0.730. The van der Waals surface area contributed by atoms with Crippen molar-refractivity contribution in [1.29, 1.82) is 0 Å². The minimum atomic E-state index is 0.730. The lowest BCUT2D eigenvalue weighted by Gasteiger charge is -2.22. The highest BCUT2D eigenvalue weighted by atomic mass is 16.5. The molecule has 2 aromatic rings. The highest BCUT2D eigenvalue weighted by molar-refractivity contribution is 5.81. The van der Waals surface area contributed by atoms with Gasteiger partial charge in [0.2, 0.25) is 0 Å². The van der Waals surface area contributed by atoms with Crippen LogP contribution in [0.15, 0.2) is 30.5 Å². The molecular weight excluding hydrogens is 234 g/mol. The summed E-state index contributed by atoms with van der Waals surface area (Å²) in [6.07, 6.45) is 9.29. The van der Waals surface area contributed by atoms with Gasteiger partial charge in [0.25, 0.3) is 0 Å². The molecule has 1 aromatic heterocycles. The molecule has 2 nitrogen and oxygen atoms in total. The second-order valence-corrected chi connectivity index (χ2v) is 5.63. The van der Waals surface area contributed by atoms with Crippen LogP contribution >= 0.6 is 0 Å². The molecule has 0 atom stereocenters. The van der Waals surface area contributed by atoms with Crippen LogP contribution in [0.25, 0.3) is 10.9 Å². The van der Waals surface area contributed by atoms with Crippen molar-refractivity contribution in [2.24, 2.45) is 5.92 Å². The molecule has 1 fully saturated rings. The van der Waals surface area contributed by atoms with Crippen LogP contribution < -0.4 is 4.74 Å². The van der Waals surface area contributed by atoms with E-state index in [0.717, 1.165) is 18.3 Å². The van der Waals surface area contributed by atoms with Crippen molar-refractivity contribution < 1.29 is 4.74 Å². The summed E-state index contributed by atoms with van der Waals surface area (Å²) in [5, 5.41) is 1.29. The summed E-state index contributed by atoms with van der Waals surface area (Å²) >= 11 is 0. The van der Waals surface area contributed by atoms with Crippen LogP contribution in [0.3, 0.4) is 0 Å². The quantitative estimate of drug-likeness (QED) is 0.779. The largest absolute Gasteiger partial charge is 0.494 e. The van der Waals surface area contributed by atoms with Crippen LogP contribution in [0.5, 0.6) is 5.75 Å². The van der Waals surface area contributed by atoms with Crippen molar-refractivity contribution in [2.75, 3.05) is 6.61 Å². The molecule has 0 bridgehead atoms. The monoisotopic (exact) mass is 257 g/mol. The van der Waals surface area contributed by atoms with Gasteiger partial charge >= 0.3 is 0 Å². The lowest BCUT2D eigenvalue weighted by Crippen LogP contribution is -2.13. The fourth-order valence-corrected chi connectivity index (χ4v) is 3.24. The van der Waals surface area contributed by atoms with Crippen molar-refractivity contribution in [3.63, 3.8) is 0 Å². The Kier molecular flexibility index (Phi) is 3.77. The number of nitrogens with zero attached hydrogens (tertiary/aromatic N) is 1. The second-order valence-electron chi connectivity index (χ2n) is 5.63. The van der Waals surface area contributed by atoms with Crippen molar-refractivity contribution in [2.45, 2.75) is 45.6 Å². The first-order chi connectivity index (χ1) is 9.36. The maximum absolute atomic E-state index is 5.56. The first-order valence-electron chi connectivity index (χ1n) is 7.58. The number of benzene rings is 1. The number of fused-ring (bicyclic) bond motifs is 1. The maximum atomic E-state index is 5.56. The molecule has 0 aliphatic heterocycles. The molecule has 0 amide bonds. The number of aromatic nitrogens is 1. The zero-order chi connectivity index (χ0) is 13.1. The lowest BCUT2D eigenvalue weighted by atomic mass is 9.89. The summed E-state index contributed by atoms with van der Waals surface area (Å²) in [7, 11) is 0. The van der Waals surface area contributed by atoms with E-state index in [2.05, 4.69) is 35.0 Å². The standard InChI is InChI=1S/C17H23NO/c1-2-19-16-8-9-17-15(12-16)10-11-18(17)13-14-6-4-3-5-7-14/h8-12,14H,2-7,13H2,1H3. The predicted molar refractivity (Wildman–Crippen MR) is 79.7 cm³/mol. The number of hydrogen-bond donors (Lipinski definition) is 0. The topological polar surface area (TPSA) is 14.2 Å². The maximum Gasteiger partial charge on any atom is 0.120 e. The highest BCUT2D eigenvalue weighted by Crippen LogP contribution is 2.28. The van der Waals surface area contributed by atoms with E-state index < -0.39 is 0 Å². The van der Waals surface area contributed by atoms with E-state index in [1.807, 2.05) is 6.92 Å². The molecular formula is C17H23NO. The van der Waals surface area contributed by atoms with E-state index in [1.165, 1.54) is 49.6 Å². The van der Waals surface area contributed by atoms with Gasteiger partial charge in [0.15, 0.2) is 0 Å². The molecule has 3 rings (SSSR count). The van der Waals surface area contributed by atoms with Gasteiger partial charge in [-0.2, -0.15) is 0 Å². The Morgan fingerprint density at radius 1 is 1.16 bits per heavy atom. The van der Waals surface area contributed by atoms with Gasteiger partial charge < -0.3 is 9.30 Å². The average Bonchev–Trinajstić information content (AvgIpc) is 2.83. The number of rotatable bonds is 4. The van der Waals surface area contributed by atoms with Gasteiger partial charge in [0.05, 0.1) is 6.61 Å². The molecule has 1 saturated carbocycles.